The van der Waals surface area contributed by atoms with Crippen molar-refractivity contribution in [2.75, 3.05) is 13.1 Å². The van der Waals surface area contributed by atoms with Crippen LogP contribution in [0, 0.1) is 0 Å². The second-order valence-corrected chi connectivity index (χ2v) is 4.97. The van der Waals surface area contributed by atoms with Gasteiger partial charge in [-0.05, 0) is 44.0 Å². The highest BCUT2D eigenvalue weighted by molar-refractivity contribution is 6.30. The molecular weight excluding hydrogens is 220 g/mol. The zero-order chi connectivity index (χ0) is 11.5. The molecule has 1 fully saturated rings. The van der Waals surface area contributed by atoms with Crippen molar-refractivity contribution in [3.8, 4) is 0 Å². The normalized spacial score (nSPS) is 23.6. The van der Waals surface area contributed by atoms with Gasteiger partial charge in [-0.2, -0.15) is 0 Å². The van der Waals surface area contributed by atoms with Crippen LogP contribution in [0.3, 0.4) is 0 Å². The van der Waals surface area contributed by atoms with Gasteiger partial charge < -0.3 is 5.73 Å². The second-order valence-electron chi connectivity index (χ2n) is 4.54. The van der Waals surface area contributed by atoms with Crippen LogP contribution in [0.5, 0.6) is 0 Å². The van der Waals surface area contributed by atoms with E-state index in [0.29, 0.717) is 18.6 Å². The fourth-order valence-corrected chi connectivity index (χ4v) is 2.79. The summed E-state index contributed by atoms with van der Waals surface area (Å²) in [5, 5.41) is 0.794. The van der Waals surface area contributed by atoms with Crippen molar-refractivity contribution in [3.05, 3.63) is 34.9 Å². The first kappa shape index (κ1) is 11.9. The Bertz CT molecular complexity index is 354. The highest BCUT2D eigenvalue weighted by Crippen LogP contribution is 2.29. The average molecular weight is 239 g/mol. The largest absolute Gasteiger partial charge is 0.329 e. The van der Waals surface area contributed by atoms with E-state index in [2.05, 4.69) is 17.9 Å². The molecule has 2 atom stereocenters. The average Bonchev–Trinajstić information content (AvgIpc) is 2.67. The van der Waals surface area contributed by atoms with Crippen LogP contribution in [0.25, 0.3) is 0 Å². The van der Waals surface area contributed by atoms with Gasteiger partial charge >= 0.3 is 0 Å². The lowest BCUT2D eigenvalue weighted by molar-refractivity contribution is 0.195. The smallest absolute Gasteiger partial charge is 0.0473 e. The molecule has 2 N–H and O–H groups in total. The highest BCUT2D eigenvalue weighted by Gasteiger charge is 2.27. The third-order valence-electron chi connectivity index (χ3n) is 3.46. The lowest BCUT2D eigenvalue weighted by Gasteiger charge is -2.30. The van der Waals surface area contributed by atoms with Crippen LogP contribution in [0.1, 0.15) is 31.4 Å². The molecule has 0 aromatic heterocycles. The van der Waals surface area contributed by atoms with Gasteiger partial charge in [0.2, 0.25) is 0 Å². The van der Waals surface area contributed by atoms with Crippen LogP contribution in [0.2, 0.25) is 5.02 Å². The molecule has 0 bridgehead atoms. The van der Waals surface area contributed by atoms with Crippen molar-refractivity contribution in [2.45, 2.75) is 31.8 Å². The summed E-state index contributed by atoms with van der Waals surface area (Å²) in [6, 6.07) is 9.01. The number of nitrogens with zero attached hydrogens (tertiary/aromatic N) is 1. The third-order valence-corrected chi connectivity index (χ3v) is 3.70. The first-order valence-electron chi connectivity index (χ1n) is 5.93. The molecule has 2 unspecified atom stereocenters. The van der Waals surface area contributed by atoms with E-state index in [1.807, 2.05) is 18.2 Å². The van der Waals surface area contributed by atoms with Gasteiger partial charge in [0.1, 0.15) is 0 Å². The molecule has 0 spiro atoms. The summed E-state index contributed by atoms with van der Waals surface area (Å²) >= 11 is 6.03. The van der Waals surface area contributed by atoms with Crippen molar-refractivity contribution in [3.63, 3.8) is 0 Å². The van der Waals surface area contributed by atoms with Gasteiger partial charge in [0.25, 0.3) is 0 Å². The standard InChI is InChI=1S/C13H19ClN2/c1-10-4-3-7-16(10)13(9-15)11-5-2-6-12(14)8-11/h2,5-6,8,10,13H,3-4,7,9,15H2,1H3. The molecule has 1 aromatic rings. The zero-order valence-corrected chi connectivity index (χ0v) is 10.5. The molecule has 1 aliphatic rings. The van der Waals surface area contributed by atoms with E-state index in [1.165, 1.54) is 18.4 Å². The van der Waals surface area contributed by atoms with E-state index in [0.717, 1.165) is 11.6 Å². The van der Waals surface area contributed by atoms with E-state index in [-0.39, 0.29) is 0 Å². The summed E-state index contributed by atoms with van der Waals surface area (Å²) in [6.45, 7) is 4.08. The molecule has 1 aliphatic heterocycles. The molecule has 1 saturated heterocycles. The Kier molecular flexibility index (Phi) is 3.85. The van der Waals surface area contributed by atoms with Gasteiger partial charge in [0.15, 0.2) is 0 Å². The molecule has 1 aromatic carbocycles. The summed E-state index contributed by atoms with van der Waals surface area (Å²) in [5.74, 6) is 0. The fraction of sp³-hybridized carbons (Fsp3) is 0.538. The first-order chi connectivity index (χ1) is 7.72. The monoisotopic (exact) mass is 238 g/mol. The first-order valence-corrected chi connectivity index (χ1v) is 6.31. The number of hydrogen-bond acceptors (Lipinski definition) is 2. The van der Waals surface area contributed by atoms with E-state index in [9.17, 15) is 0 Å². The topological polar surface area (TPSA) is 29.3 Å². The van der Waals surface area contributed by atoms with Crippen LogP contribution < -0.4 is 5.73 Å². The number of halogens is 1. The van der Waals surface area contributed by atoms with Gasteiger partial charge in [-0.15, -0.1) is 0 Å². The quantitative estimate of drug-likeness (QED) is 0.878. The van der Waals surface area contributed by atoms with E-state index in [4.69, 9.17) is 17.3 Å². The predicted octanol–water partition coefficient (Wildman–Crippen LogP) is 2.82. The molecule has 16 heavy (non-hydrogen) atoms. The molecule has 0 radical (unpaired) electrons. The van der Waals surface area contributed by atoms with Crippen LogP contribution in [0.4, 0.5) is 0 Å². The lowest BCUT2D eigenvalue weighted by Crippen LogP contribution is -2.35. The maximum absolute atomic E-state index is 6.03. The number of benzene rings is 1. The number of rotatable bonds is 3. The van der Waals surface area contributed by atoms with E-state index < -0.39 is 0 Å². The summed E-state index contributed by atoms with van der Waals surface area (Å²) in [6.07, 6.45) is 2.55. The molecule has 88 valence electrons. The van der Waals surface area contributed by atoms with Crippen LogP contribution in [-0.2, 0) is 0 Å². The maximum Gasteiger partial charge on any atom is 0.0473 e. The Labute approximate surface area is 102 Å². The van der Waals surface area contributed by atoms with Crippen LogP contribution in [-0.4, -0.2) is 24.0 Å². The SMILES string of the molecule is CC1CCCN1C(CN)c1cccc(Cl)c1. The third kappa shape index (κ3) is 2.40. The van der Waals surface area contributed by atoms with Gasteiger partial charge in [0, 0.05) is 23.7 Å². The molecule has 0 amide bonds. The maximum atomic E-state index is 6.03. The fourth-order valence-electron chi connectivity index (χ4n) is 2.60. The van der Waals surface area contributed by atoms with Crippen molar-refractivity contribution >= 4 is 11.6 Å². The number of likely N-dealkylation sites (tertiary alicyclic amines) is 1. The van der Waals surface area contributed by atoms with Crippen molar-refractivity contribution in [2.24, 2.45) is 5.73 Å². The highest BCUT2D eigenvalue weighted by atomic mass is 35.5. The van der Waals surface area contributed by atoms with Gasteiger partial charge in [-0.25, -0.2) is 0 Å². The Morgan fingerprint density at radius 1 is 1.56 bits per heavy atom. The van der Waals surface area contributed by atoms with Gasteiger partial charge in [-0.1, -0.05) is 23.7 Å². The van der Waals surface area contributed by atoms with Crippen molar-refractivity contribution in [1.82, 2.24) is 4.90 Å². The Morgan fingerprint density at radius 2 is 2.38 bits per heavy atom. The van der Waals surface area contributed by atoms with Gasteiger partial charge in [0.05, 0.1) is 0 Å². The van der Waals surface area contributed by atoms with E-state index >= 15 is 0 Å². The Hall–Kier alpha value is -0.570. The minimum absolute atomic E-state index is 0.316. The molecule has 1 heterocycles. The summed E-state index contributed by atoms with van der Waals surface area (Å²) in [4.78, 5) is 2.49. The van der Waals surface area contributed by atoms with Crippen LogP contribution in [0.15, 0.2) is 24.3 Å². The Morgan fingerprint density at radius 3 is 2.94 bits per heavy atom. The molecular formula is C13H19ClN2. The van der Waals surface area contributed by atoms with E-state index in [1.54, 1.807) is 0 Å². The van der Waals surface area contributed by atoms with Crippen molar-refractivity contribution < 1.29 is 0 Å². The van der Waals surface area contributed by atoms with Crippen molar-refractivity contribution in [1.29, 1.82) is 0 Å². The lowest BCUT2D eigenvalue weighted by atomic mass is 10.0. The number of hydrogen-bond donors (Lipinski definition) is 1. The zero-order valence-electron chi connectivity index (χ0n) is 9.70. The Balaban J connectivity index is 2.21. The van der Waals surface area contributed by atoms with Gasteiger partial charge in [-0.3, -0.25) is 4.90 Å². The summed E-state index contributed by atoms with van der Waals surface area (Å²) < 4.78 is 0. The molecule has 2 rings (SSSR count). The predicted molar refractivity (Wildman–Crippen MR) is 68.6 cm³/mol. The minimum Gasteiger partial charge on any atom is -0.329 e. The minimum atomic E-state index is 0.316. The molecule has 0 saturated carbocycles. The molecule has 2 nitrogen and oxygen atoms in total. The van der Waals surface area contributed by atoms with Crippen LogP contribution >= 0.6 is 11.6 Å². The number of nitrogens with two attached hydrogens (primary N) is 1. The molecule has 3 heteroatoms. The summed E-state index contributed by atoms with van der Waals surface area (Å²) in [7, 11) is 0. The summed E-state index contributed by atoms with van der Waals surface area (Å²) in [5.41, 5.74) is 7.15. The second kappa shape index (κ2) is 5.17. The molecule has 0 aliphatic carbocycles.